The van der Waals surface area contributed by atoms with Crippen molar-refractivity contribution in [3.05, 3.63) is 28.7 Å². The number of halogens is 7. The van der Waals surface area contributed by atoms with Crippen molar-refractivity contribution in [3.8, 4) is 0 Å². The van der Waals surface area contributed by atoms with Gasteiger partial charge in [-0.25, -0.2) is 0 Å². The summed E-state index contributed by atoms with van der Waals surface area (Å²) in [6.45, 7) is -0.920. The first-order valence-electron chi connectivity index (χ1n) is 5.36. The van der Waals surface area contributed by atoms with Crippen LogP contribution in [0.15, 0.2) is 28.7 Å². The number of alkyl halides is 6. The van der Waals surface area contributed by atoms with Crippen LogP contribution in [0.2, 0.25) is 0 Å². The van der Waals surface area contributed by atoms with E-state index >= 15 is 0 Å². The number of nitrogens with one attached hydrogen (secondary N) is 1. The van der Waals surface area contributed by atoms with Crippen LogP contribution in [0.3, 0.4) is 0 Å². The molecule has 1 rings (SSSR count). The summed E-state index contributed by atoms with van der Waals surface area (Å²) in [4.78, 5) is 0. The van der Waals surface area contributed by atoms with E-state index in [-0.39, 0.29) is 6.54 Å². The summed E-state index contributed by atoms with van der Waals surface area (Å²) in [7, 11) is 0. The van der Waals surface area contributed by atoms with Crippen LogP contribution in [-0.4, -0.2) is 31.6 Å². The highest BCUT2D eigenvalue weighted by atomic mass is 79.9. The molecular weight excluding hydrogens is 356 g/mol. The average molecular weight is 366 g/mol. The lowest BCUT2D eigenvalue weighted by atomic mass is 10.3. The third-order valence-corrected chi connectivity index (χ3v) is 2.86. The van der Waals surface area contributed by atoms with Gasteiger partial charge >= 0.3 is 12.4 Å². The number of hydrogen-bond donors (Lipinski definition) is 1. The molecule has 0 aliphatic carbocycles. The molecule has 20 heavy (non-hydrogen) atoms. The van der Waals surface area contributed by atoms with E-state index in [4.69, 9.17) is 0 Å². The second-order valence-corrected chi connectivity index (χ2v) is 4.60. The molecule has 0 heterocycles. The summed E-state index contributed by atoms with van der Waals surface area (Å²) in [6.07, 6.45) is -14.7. The second kappa shape index (κ2) is 6.66. The van der Waals surface area contributed by atoms with Gasteiger partial charge in [0, 0.05) is 16.7 Å². The summed E-state index contributed by atoms with van der Waals surface area (Å²) >= 11 is 3.18. The Morgan fingerprint density at radius 2 is 1.60 bits per heavy atom. The van der Waals surface area contributed by atoms with Gasteiger partial charge in [0.2, 0.25) is 6.10 Å². The maximum atomic E-state index is 12.2. The molecule has 0 saturated heterocycles. The maximum absolute atomic E-state index is 12.2. The Balaban J connectivity index is 2.48. The Hall–Kier alpha value is -0.960. The lowest BCUT2D eigenvalue weighted by Crippen LogP contribution is -2.45. The molecule has 0 unspecified atom stereocenters. The van der Waals surface area contributed by atoms with E-state index in [0.29, 0.717) is 10.2 Å². The van der Waals surface area contributed by atoms with Crippen LogP contribution in [0.1, 0.15) is 0 Å². The van der Waals surface area contributed by atoms with Gasteiger partial charge in [-0.1, -0.05) is 12.1 Å². The number of hydrogen-bond acceptors (Lipinski definition) is 2. The van der Waals surface area contributed by atoms with Crippen molar-refractivity contribution in [3.63, 3.8) is 0 Å². The zero-order valence-electron chi connectivity index (χ0n) is 9.85. The first-order chi connectivity index (χ1) is 9.12. The minimum absolute atomic E-state index is 0.189. The molecule has 0 aromatic heterocycles. The van der Waals surface area contributed by atoms with Crippen LogP contribution in [0.5, 0.6) is 0 Å². The minimum Gasteiger partial charge on any atom is -0.382 e. The number of para-hydroxylation sites is 1. The predicted molar refractivity (Wildman–Crippen MR) is 64.5 cm³/mol. The monoisotopic (exact) mass is 365 g/mol. The van der Waals surface area contributed by atoms with Gasteiger partial charge in [0.15, 0.2) is 0 Å². The first kappa shape index (κ1) is 17.1. The van der Waals surface area contributed by atoms with Crippen molar-refractivity contribution in [2.45, 2.75) is 18.5 Å². The number of ether oxygens (including phenoxy) is 1. The van der Waals surface area contributed by atoms with Crippen LogP contribution >= 0.6 is 15.9 Å². The Bertz CT molecular complexity index is 420. The van der Waals surface area contributed by atoms with Crippen LogP contribution in [0, 0.1) is 0 Å². The fraction of sp³-hybridized carbons (Fsp3) is 0.455. The Morgan fingerprint density at radius 3 is 2.10 bits per heavy atom. The largest absolute Gasteiger partial charge is 0.423 e. The smallest absolute Gasteiger partial charge is 0.382 e. The van der Waals surface area contributed by atoms with Crippen LogP contribution < -0.4 is 5.32 Å². The van der Waals surface area contributed by atoms with Crippen molar-refractivity contribution in [1.29, 1.82) is 0 Å². The molecule has 0 atom stereocenters. The van der Waals surface area contributed by atoms with Crippen LogP contribution in [0.4, 0.5) is 32.0 Å². The van der Waals surface area contributed by atoms with Crippen molar-refractivity contribution < 1.29 is 31.1 Å². The molecule has 1 aromatic rings. The van der Waals surface area contributed by atoms with Crippen LogP contribution in [-0.2, 0) is 4.74 Å². The van der Waals surface area contributed by atoms with Gasteiger partial charge in [-0.3, -0.25) is 0 Å². The van der Waals surface area contributed by atoms with Gasteiger partial charge in [0.1, 0.15) is 0 Å². The van der Waals surface area contributed by atoms with Gasteiger partial charge in [-0.15, -0.1) is 0 Å². The molecule has 0 saturated carbocycles. The first-order valence-corrected chi connectivity index (χ1v) is 6.15. The van der Waals surface area contributed by atoms with Crippen molar-refractivity contribution in [2.75, 3.05) is 18.5 Å². The Kier molecular flexibility index (Phi) is 5.69. The van der Waals surface area contributed by atoms with E-state index in [9.17, 15) is 26.3 Å². The Labute approximate surface area is 119 Å². The fourth-order valence-corrected chi connectivity index (χ4v) is 1.77. The van der Waals surface area contributed by atoms with Gasteiger partial charge in [-0.2, -0.15) is 26.3 Å². The summed E-state index contributed by atoms with van der Waals surface area (Å²) in [5.74, 6) is 0. The van der Waals surface area contributed by atoms with E-state index in [0.717, 1.165) is 0 Å². The lowest BCUT2D eigenvalue weighted by Gasteiger charge is -2.23. The van der Waals surface area contributed by atoms with Gasteiger partial charge in [-0.05, 0) is 28.1 Å². The molecule has 0 bridgehead atoms. The zero-order valence-corrected chi connectivity index (χ0v) is 11.4. The standard InChI is InChI=1S/C11H10BrF6NO/c12-7-3-1-2-4-8(7)19-5-6-20-9(10(13,14)15)11(16,17)18/h1-4,9,19H,5-6H2. The number of anilines is 1. The molecule has 0 spiro atoms. The van der Waals surface area contributed by atoms with Crippen molar-refractivity contribution >= 4 is 21.6 Å². The molecule has 0 fully saturated rings. The molecule has 1 N–H and O–H groups in total. The molecule has 0 aliphatic heterocycles. The Morgan fingerprint density at radius 1 is 1.05 bits per heavy atom. The molecule has 114 valence electrons. The van der Waals surface area contributed by atoms with Gasteiger partial charge in [0.25, 0.3) is 0 Å². The van der Waals surface area contributed by atoms with Gasteiger partial charge in [0.05, 0.1) is 6.61 Å². The summed E-state index contributed by atoms with van der Waals surface area (Å²) in [6, 6.07) is 6.68. The topological polar surface area (TPSA) is 21.3 Å². The fourth-order valence-electron chi connectivity index (χ4n) is 1.34. The summed E-state index contributed by atoms with van der Waals surface area (Å²) in [5.41, 5.74) is 0.548. The van der Waals surface area contributed by atoms with Crippen molar-refractivity contribution in [1.82, 2.24) is 0 Å². The highest BCUT2D eigenvalue weighted by Crippen LogP contribution is 2.35. The maximum Gasteiger partial charge on any atom is 0.423 e. The number of benzene rings is 1. The van der Waals surface area contributed by atoms with E-state index in [1.165, 1.54) is 0 Å². The van der Waals surface area contributed by atoms with E-state index < -0.39 is 25.1 Å². The third-order valence-electron chi connectivity index (χ3n) is 2.17. The van der Waals surface area contributed by atoms with Crippen molar-refractivity contribution in [2.24, 2.45) is 0 Å². The average Bonchev–Trinajstić information content (AvgIpc) is 2.27. The SMILES string of the molecule is FC(F)(F)C(OCCNc1ccccc1Br)C(F)(F)F. The van der Waals surface area contributed by atoms with Gasteiger partial charge < -0.3 is 10.1 Å². The minimum atomic E-state index is -5.48. The summed E-state index contributed by atoms with van der Waals surface area (Å²) < 4.78 is 77.5. The third kappa shape index (κ3) is 5.20. The summed E-state index contributed by atoms with van der Waals surface area (Å²) in [5, 5.41) is 2.66. The molecular formula is C11H10BrF6NO. The second-order valence-electron chi connectivity index (χ2n) is 3.74. The molecule has 0 aliphatic rings. The number of rotatable bonds is 5. The molecule has 2 nitrogen and oxygen atoms in total. The van der Waals surface area contributed by atoms with E-state index in [2.05, 4.69) is 26.0 Å². The van der Waals surface area contributed by atoms with Crippen LogP contribution in [0.25, 0.3) is 0 Å². The highest BCUT2D eigenvalue weighted by molar-refractivity contribution is 9.10. The molecule has 0 amide bonds. The normalized spacial score (nSPS) is 12.8. The van der Waals surface area contributed by atoms with E-state index in [1.807, 2.05) is 0 Å². The molecule has 9 heteroatoms. The van der Waals surface area contributed by atoms with E-state index in [1.54, 1.807) is 24.3 Å². The zero-order chi connectivity index (χ0) is 15.4. The molecule has 0 radical (unpaired) electrons. The predicted octanol–water partition coefficient (Wildman–Crippen LogP) is 4.37. The lowest BCUT2D eigenvalue weighted by molar-refractivity contribution is -0.321. The quantitative estimate of drug-likeness (QED) is 0.617. The highest BCUT2D eigenvalue weighted by Gasteiger charge is 2.57. The molecule has 1 aromatic carbocycles.